The molecule has 1 rings (SSSR count). The Morgan fingerprint density at radius 2 is 2.07 bits per heavy atom. The molecular weight excluding hydrogens is 188 g/mol. The van der Waals surface area contributed by atoms with Gasteiger partial charge in [-0.2, -0.15) is 0 Å². The molecule has 0 spiro atoms. The molecule has 1 aliphatic rings. The Kier molecular flexibility index (Phi) is 4.58. The van der Waals surface area contributed by atoms with Gasteiger partial charge >= 0.3 is 0 Å². The Hall–Kier alpha value is -0.570. The zero-order valence-electron chi connectivity index (χ0n) is 10.2. The molecule has 3 nitrogen and oxygen atoms in total. The Balaban J connectivity index is 2.44. The average Bonchev–Trinajstić information content (AvgIpc) is 2.19. The number of amides is 1. The van der Waals surface area contributed by atoms with E-state index in [0.29, 0.717) is 6.04 Å². The minimum Gasteiger partial charge on any atom is -0.353 e. The lowest BCUT2D eigenvalue weighted by atomic mass is 9.80. The summed E-state index contributed by atoms with van der Waals surface area (Å²) < 4.78 is 0. The molecule has 2 N–H and O–H groups in total. The van der Waals surface area contributed by atoms with Gasteiger partial charge in [0.2, 0.25) is 5.91 Å². The maximum absolute atomic E-state index is 12.1. The van der Waals surface area contributed by atoms with Crippen molar-refractivity contribution >= 4 is 5.91 Å². The highest BCUT2D eigenvalue weighted by molar-refractivity contribution is 5.82. The first-order valence-electron chi connectivity index (χ1n) is 6.10. The number of rotatable bonds is 4. The number of piperidine rings is 1. The molecule has 1 fully saturated rings. The van der Waals surface area contributed by atoms with Crippen LogP contribution in [0.5, 0.6) is 0 Å². The maximum atomic E-state index is 12.1. The summed E-state index contributed by atoms with van der Waals surface area (Å²) in [5.41, 5.74) is -0.146. The van der Waals surface area contributed by atoms with Crippen LogP contribution in [0, 0.1) is 5.41 Å². The van der Waals surface area contributed by atoms with E-state index in [9.17, 15) is 4.79 Å². The molecular formula is C12H24N2O. The Morgan fingerprint density at radius 3 is 2.60 bits per heavy atom. The molecule has 0 aromatic heterocycles. The largest absolute Gasteiger partial charge is 0.353 e. The summed E-state index contributed by atoms with van der Waals surface area (Å²) in [6, 6.07) is 0.314. The number of hydrogen-bond acceptors (Lipinski definition) is 2. The molecule has 15 heavy (non-hydrogen) atoms. The molecule has 1 atom stereocenters. The van der Waals surface area contributed by atoms with Crippen molar-refractivity contribution in [2.75, 3.05) is 13.1 Å². The molecule has 0 saturated carbocycles. The van der Waals surface area contributed by atoms with Crippen molar-refractivity contribution in [2.24, 2.45) is 5.41 Å². The van der Waals surface area contributed by atoms with Gasteiger partial charge in [-0.05, 0) is 39.3 Å². The lowest BCUT2D eigenvalue weighted by Crippen LogP contribution is -2.48. The van der Waals surface area contributed by atoms with Crippen LogP contribution >= 0.6 is 0 Å². The second kappa shape index (κ2) is 5.50. The van der Waals surface area contributed by atoms with Gasteiger partial charge in [0.25, 0.3) is 0 Å². The van der Waals surface area contributed by atoms with Crippen molar-refractivity contribution < 1.29 is 4.79 Å². The fraction of sp³-hybridized carbons (Fsp3) is 0.917. The van der Waals surface area contributed by atoms with E-state index in [4.69, 9.17) is 0 Å². The van der Waals surface area contributed by atoms with Gasteiger partial charge < -0.3 is 10.6 Å². The predicted molar refractivity (Wildman–Crippen MR) is 62.7 cm³/mol. The summed E-state index contributed by atoms with van der Waals surface area (Å²) in [6.45, 7) is 8.25. The van der Waals surface area contributed by atoms with Crippen LogP contribution in [-0.4, -0.2) is 25.0 Å². The fourth-order valence-corrected chi connectivity index (χ4v) is 2.11. The van der Waals surface area contributed by atoms with E-state index in [1.807, 2.05) is 0 Å². The van der Waals surface area contributed by atoms with E-state index < -0.39 is 0 Å². The summed E-state index contributed by atoms with van der Waals surface area (Å²) in [4.78, 5) is 12.1. The van der Waals surface area contributed by atoms with Crippen LogP contribution in [-0.2, 0) is 4.79 Å². The standard InChI is InChI=1S/C12H24N2O/c1-4-5-10(2)14-11(15)12(3)6-8-13-9-7-12/h10,13H,4-9H2,1-3H3,(H,14,15). The highest BCUT2D eigenvalue weighted by atomic mass is 16.2. The van der Waals surface area contributed by atoms with Gasteiger partial charge in [0, 0.05) is 11.5 Å². The van der Waals surface area contributed by atoms with Gasteiger partial charge in [-0.25, -0.2) is 0 Å². The Bertz CT molecular complexity index is 210. The molecule has 1 aliphatic heterocycles. The first-order valence-corrected chi connectivity index (χ1v) is 6.10. The SMILES string of the molecule is CCCC(C)NC(=O)C1(C)CCNCC1. The van der Waals surface area contributed by atoms with Gasteiger partial charge in [0.15, 0.2) is 0 Å². The highest BCUT2D eigenvalue weighted by Gasteiger charge is 2.34. The van der Waals surface area contributed by atoms with Crippen molar-refractivity contribution in [3.8, 4) is 0 Å². The molecule has 0 radical (unpaired) electrons. The van der Waals surface area contributed by atoms with Crippen molar-refractivity contribution in [3.63, 3.8) is 0 Å². The highest BCUT2D eigenvalue weighted by Crippen LogP contribution is 2.28. The number of carbonyl (C=O) groups is 1. The second-order valence-electron chi connectivity index (χ2n) is 4.97. The summed E-state index contributed by atoms with van der Waals surface area (Å²) >= 11 is 0. The van der Waals surface area contributed by atoms with Crippen molar-refractivity contribution in [1.82, 2.24) is 10.6 Å². The third kappa shape index (κ3) is 3.49. The number of carbonyl (C=O) groups excluding carboxylic acids is 1. The van der Waals surface area contributed by atoms with E-state index in [0.717, 1.165) is 38.8 Å². The zero-order valence-corrected chi connectivity index (χ0v) is 10.2. The Morgan fingerprint density at radius 1 is 1.47 bits per heavy atom. The van der Waals surface area contributed by atoms with Crippen LogP contribution in [0.25, 0.3) is 0 Å². The summed E-state index contributed by atoms with van der Waals surface area (Å²) in [6.07, 6.45) is 4.11. The van der Waals surface area contributed by atoms with Crippen LogP contribution in [0.4, 0.5) is 0 Å². The molecule has 1 heterocycles. The van der Waals surface area contributed by atoms with Crippen molar-refractivity contribution in [3.05, 3.63) is 0 Å². The number of hydrogen-bond donors (Lipinski definition) is 2. The van der Waals surface area contributed by atoms with Gasteiger partial charge in [0.05, 0.1) is 0 Å². The molecule has 1 saturated heterocycles. The summed E-state index contributed by atoms with van der Waals surface area (Å²) in [5.74, 6) is 0.241. The van der Waals surface area contributed by atoms with E-state index in [2.05, 4.69) is 31.4 Å². The van der Waals surface area contributed by atoms with Crippen molar-refractivity contribution in [1.29, 1.82) is 0 Å². The van der Waals surface area contributed by atoms with Crippen LogP contribution in [0.15, 0.2) is 0 Å². The van der Waals surface area contributed by atoms with E-state index in [1.54, 1.807) is 0 Å². The minimum absolute atomic E-state index is 0.146. The molecule has 0 bridgehead atoms. The maximum Gasteiger partial charge on any atom is 0.226 e. The Labute approximate surface area is 93.0 Å². The first kappa shape index (κ1) is 12.5. The molecule has 88 valence electrons. The average molecular weight is 212 g/mol. The van der Waals surface area contributed by atoms with Crippen molar-refractivity contribution in [2.45, 2.75) is 52.5 Å². The lowest BCUT2D eigenvalue weighted by molar-refractivity contribution is -0.132. The molecule has 1 amide bonds. The topological polar surface area (TPSA) is 41.1 Å². The summed E-state index contributed by atoms with van der Waals surface area (Å²) in [7, 11) is 0. The van der Waals surface area contributed by atoms with E-state index >= 15 is 0 Å². The van der Waals surface area contributed by atoms with E-state index in [1.165, 1.54) is 0 Å². The van der Waals surface area contributed by atoms with Crippen LogP contribution in [0.3, 0.4) is 0 Å². The van der Waals surface area contributed by atoms with E-state index in [-0.39, 0.29) is 11.3 Å². The quantitative estimate of drug-likeness (QED) is 0.744. The molecule has 0 aromatic rings. The zero-order chi connectivity index (χ0) is 11.3. The van der Waals surface area contributed by atoms with Gasteiger partial charge in [-0.15, -0.1) is 0 Å². The monoisotopic (exact) mass is 212 g/mol. The van der Waals surface area contributed by atoms with Gasteiger partial charge in [-0.1, -0.05) is 20.3 Å². The molecule has 0 aromatic carbocycles. The van der Waals surface area contributed by atoms with Gasteiger partial charge in [-0.3, -0.25) is 4.79 Å². The third-order valence-corrected chi connectivity index (χ3v) is 3.35. The predicted octanol–water partition coefficient (Wildman–Crippen LogP) is 1.68. The molecule has 3 heteroatoms. The van der Waals surface area contributed by atoms with Gasteiger partial charge in [0.1, 0.15) is 0 Å². The second-order valence-corrected chi connectivity index (χ2v) is 4.97. The third-order valence-electron chi connectivity index (χ3n) is 3.35. The first-order chi connectivity index (χ1) is 7.08. The lowest BCUT2D eigenvalue weighted by Gasteiger charge is -2.33. The fourth-order valence-electron chi connectivity index (χ4n) is 2.11. The number of nitrogens with one attached hydrogen (secondary N) is 2. The molecule has 0 aliphatic carbocycles. The normalized spacial score (nSPS) is 22.1. The van der Waals surface area contributed by atoms with Crippen LogP contribution in [0.2, 0.25) is 0 Å². The van der Waals surface area contributed by atoms with Crippen LogP contribution < -0.4 is 10.6 Å². The molecule has 1 unspecified atom stereocenters. The van der Waals surface area contributed by atoms with Crippen LogP contribution in [0.1, 0.15) is 46.5 Å². The summed E-state index contributed by atoms with van der Waals surface area (Å²) in [5, 5.41) is 6.42. The minimum atomic E-state index is -0.146. The smallest absolute Gasteiger partial charge is 0.226 e.